The molecule has 1 atom stereocenters. The van der Waals surface area contributed by atoms with Crippen molar-refractivity contribution >= 4 is 23.2 Å². The summed E-state index contributed by atoms with van der Waals surface area (Å²) >= 11 is 5.92. The van der Waals surface area contributed by atoms with Gasteiger partial charge in [0.25, 0.3) is 5.91 Å². The summed E-state index contributed by atoms with van der Waals surface area (Å²) in [5.74, 6) is -0.0790. The normalized spacial score (nSPS) is 20.6. The molecule has 0 fully saturated rings. The van der Waals surface area contributed by atoms with Crippen LogP contribution in [-0.2, 0) is 0 Å². The van der Waals surface area contributed by atoms with E-state index in [0.29, 0.717) is 22.9 Å². The van der Waals surface area contributed by atoms with Gasteiger partial charge in [-0.15, -0.1) is 0 Å². The number of carbonyl (C=O) groups is 1. The van der Waals surface area contributed by atoms with Crippen LogP contribution in [0.5, 0.6) is 0 Å². The molecule has 0 aliphatic carbocycles. The highest BCUT2D eigenvalue weighted by molar-refractivity contribution is 6.30. The lowest BCUT2D eigenvalue weighted by Crippen LogP contribution is -2.45. The monoisotopic (exact) mass is 329 g/mol. The van der Waals surface area contributed by atoms with E-state index >= 15 is 0 Å². The fourth-order valence-electron chi connectivity index (χ4n) is 3.17. The van der Waals surface area contributed by atoms with Crippen molar-refractivity contribution in [3.8, 4) is 0 Å². The summed E-state index contributed by atoms with van der Waals surface area (Å²) in [4.78, 5) is 18.9. The van der Waals surface area contributed by atoms with Crippen LogP contribution in [0.25, 0.3) is 5.65 Å². The zero-order valence-electron chi connectivity index (χ0n) is 12.7. The topological polar surface area (TPSA) is 62.5 Å². The van der Waals surface area contributed by atoms with Crippen LogP contribution in [0.15, 0.2) is 41.9 Å². The Balaban J connectivity index is 1.65. The molecule has 118 valence electrons. The fraction of sp³-hybridized carbons (Fsp3) is 0.312. The minimum absolute atomic E-state index is 0.0247. The predicted molar refractivity (Wildman–Crippen MR) is 87.3 cm³/mol. The molecule has 0 saturated carbocycles. The van der Waals surface area contributed by atoms with Gasteiger partial charge in [-0.05, 0) is 12.5 Å². The highest BCUT2D eigenvalue weighted by atomic mass is 35.5. The van der Waals surface area contributed by atoms with Crippen LogP contribution in [0.3, 0.4) is 0 Å². The average Bonchev–Trinajstić information content (AvgIpc) is 2.98. The predicted octanol–water partition coefficient (Wildman–Crippen LogP) is 2.03. The smallest absolute Gasteiger partial charge is 0.274 e. The molecule has 0 aromatic carbocycles. The molecule has 1 N–H and O–H groups in total. The van der Waals surface area contributed by atoms with Gasteiger partial charge in [0, 0.05) is 37.5 Å². The number of halogens is 1. The third-order valence-corrected chi connectivity index (χ3v) is 4.56. The van der Waals surface area contributed by atoms with E-state index in [9.17, 15) is 4.79 Å². The van der Waals surface area contributed by atoms with Crippen LogP contribution in [0.1, 0.15) is 23.8 Å². The van der Waals surface area contributed by atoms with Crippen LogP contribution in [0, 0.1) is 0 Å². The minimum Gasteiger partial charge on any atom is -0.385 e. The van der Waals surface area contributed by atoms with E-state index < -0.39 is 0 Å². The second kappa shape index (κ2) is 5.38. The number of nitrogens with zero attached hydrogens (tertiary/aromatic N) is 4. The standard InChI is InChI=1S/C16H16ClN5O/c1-10-12-3-2-5-18-13(12)4-6-21(10)16(23)14-7-15-19-8-11(17)9-22(15)20-14/h2-3,7-10,18H,4-6H2,1H3. The van der Waals surface area contributed by atoms with E-state index in [-0.39, 0.29) is 11.9 Å². The zero-order chi connectivity index (χ0) is 16.0. The number of hydrogen-bond acceptors (Lipinski definition) is 4. The van der Waals surface area contributed by atoms with E-state index in [1.165, 1.54) is 15.8 Å². The highest BCUT2D eigenvalue weighted by Crippen LogP contribution is 2.26. The molecule has 4 heterocycles. The number of rotatable bonds is 1. The van der Waals surface area contributed by atoms with Crippen molar-refractivity contribution in [1.82, 2.24) is 24.8 Å². The quantitative estimate of drug-likeness (QED) is 0.869. The van der Waals surface area contributed by atoms with Crippen LogP contribution in [0.2, 0.25) is 5.02 Å². The Bertz CT molecular complexity index is 853. The third-order valence-electron chi connectivity index (χ3n) is 4.36. The van der Waals surface area contributed by atoms with Crippen molar-refractivity contribution in [3.05, 3.63) is 52.6 Å². The molecule has 2 aliphatic heterocycles. The lowest BCUT2D eigenvalue weighted by atomic mass is 9.95. The number of hydrogen-bond donors (Lipinski definition) is 1. The maximum Gasteiger partial charge on any atom is 0.274 e. The molecule has 0 radical (unpaired) electrons. The first-order valence-electron chi connectivity index (χ1n) is 7.59. The molecule has 2 aromatic heterocycles. The summed E-state index contributed by atoms with van der Waals surface area (Å²) in [5, 5.41) is 8.19. The molecule has 6 nitrogen and oxygen atoms in total. The molecule has 23 heavy (non-hydrogen) atoms. The van der Waals surface area contributed by atoms with Crippen molar-refractivity contribution in [2.45, 2.75) is 19.4 Å². The lowest BCUT2D eigenvalue weighted by Gasteiger charge is -2.37. The minimum atomic E-state index is -0.0790. The van der Waals surface area contributed by atoms with E-state index in [1.54, 1.807) is 18.5 Å². The molecular formula is C16H16ClN5O. The Morgan fingerprint density at radius 2 is 2.35 bits per heavy atom. The van der Waals surface area contributed by atoms with Crippen LogP contribution in [-0.4, -0.2) is 44.5 Å². The van der Waals surface area contributed by atoms with E-state index in [2.05, 4.69) is 34.5 Å². The van der Waals surface area contributed by atoms with Crippen molar-refractivity contribution in [1.29, 1.82) is 0 Å². The number of aromatic nitrogens is 3. The highest BCUT2D eigenvalue weighted by Gasteiger charge is 2.31. The Morgan fingerprint density at radius 1 is 1.48 bits per heavy atom. The third kappa shape index (κ3) is 2.39. The molecule has 1 amide bonds. The zero-order valence-corrected chi connectivity index (χ0v) is 13.4. The van der Waals surface area contributed by atoms with Gasteiger partial charge >= 0.3 is 0 Å². The van der Waals surface area contributed by atoms with Crippen LogP contribution < -0.4 is 5.32 Å². The van der Waals surface area contributed by atoms with Crippen LogP contribution >= 0.6 is 11.6 Å². The van der Waals surface area contributed by atoms with Gasteiger partial charge in [0.2, 0.25) is 0 Å². The van der Waals surface area contributed by atoms with Gasteiger partial charge in [0.05, 0.1) is 17.3 Å². The number of fused-ring (bicyclic) bond motifs is 1. The fourth-order valence-corrected chi connectivity index (χ4v) is 3.31. The van der Waals surface area contributed by atoms with Crippen LogP contribution in [0.4, 0.5) is 0 Å². The molecule has 0 saturated heterocycles. The van der Waals surface area contributed by atoms with Gasteiger partial charge in [-0.2, -0.15) is 5.10 Å². The second-order valence-corrected chi connectivity index (χ2v) is 6.18. The van der Waals surface area contributed by atoms with Crippen molar-refractivity contribution < 1.29 is 4.79 Å². The number of nitrogens with one attached hydrogen (secondary N) is 1. The van der Waals surface area contributed by atoms with Gasteiger partial charge in [0.1, 0.15) is 0 Å². The maximum atomic E-state index is 12.9. The molecule has 4 rings (SSSR count). The van der Waals surface area contributed by atoms with Crippen molar-refractivity contribution in [3.63, 3.8) is 0 Å². The van der Waals surface area contributed by atoms with E-state index in [1.807, 2.05) is 4.90 Å². The summed E-state index contributed by atoms with van der Waals surface area (Å²) < 4.78 is 1.54. The average molecular weight is 330 g/mol. The summed E-state index contributed by atoms with van der Waals surface area (Å²) in [5.41, 5.74) is 3.43. The Hall–Kier alpha value is -2.34. The summed E-state index contributed by atoms with van der Waals surface area (Å²) in [7, 11) is 0. The molecule has 1 unspecified atom stereocenters. The van der Waals surface area contributed by atoms with Gasteiger partial charge in [0.15, 0.2) is 11.3 Å². The first kappa shape index (κ1) is 14.3. The first-order valence-corrected chi connectivity index (χ1v) is 7.96. The molecule has 2 aliphatic rings. The Labute approximate surface area is 138 Å². The van der Waals surface area contributed by atoms with Gasteiger partial charge < -0.3 is 10.2 Å². The van der Waals surface area contributed by atoms with Gasteiger partial charge in [-0.3, -0.25) is 4.79 Å². The van der Waals surface area contributed by atoms with Gasteiger partial charge in [-0.1, -0.05) is 23.8 Å². The molecule has 2 aromatic rings. The number of carbonyl (C=O) groups excluding carboxylic acids is 1. The SMILES string of the molecule is CC1C2=C(CCN1C(=O)c1cc3ncc(Cl)cn3n1)NCC=C2. The molecule has 7 heteroatoms. The Morgan fingerprint density at radius 3 is 3.22 bits per heavy atom. The largest absolute Gasteiger partial charge is 0.385 e. The Kier molecular flexibility index (Phi) is 3.34. The van der Waals surface area contributed by atoms with E-state index in [0.717, 1.165) is 13.0 Å². The summed E-state index contributed by atoms with van der Waals surface area (Å²) in [6.07, 6.45) is 8.23. The molecule has 0 bridgehead atoms. The number of dihydropyridines is 1. The van der Waals surface area contributed by atoms with E-state index in [4.69, 9.17) is 11.6 Å². The molecule has 0 spiro atoms. The lowest BCUT2D eigenvalue weighted by molar-refractivity contribution is 0.0700. The van der Waals surface area contributed by atoms with Crippen molar-refractivity contribution in [2.24, 2.45) is 0 Å². The summed E-state index contributed by atoms with van der Waals surface area (Å²) in [6.45, 7) is 3.59. The second-order valence-electron chi connectivity index (χ2n) is 5.75. The van der Waals surface area contributed by atoms with Crippen molar-refractivity contribution in [2.75, 3.05) is 13.1 Å². The number of amides is 1. The first-order chi connectivity index (χ1) is 11.1. The molecular weight excluding hydrogens is 314 g/mol. The maximum absolute atomic E-state index is 12.9. The summed E-state index contributed by atoms with van der Waals surface area (Å²) in [6, 6.07) is 1.72. The van der Waals surface area contributed by atoms with Gasteiger partial charge in [-0.25, -0.2) is 9.50 Å².